The van der Waals surface area contributed by atoms with E-state index in [2.05, 4.69) is 18.5 Å². The third-order valence-corrected chi connectivity index (χ3v) is 2.62. The number of anilines is 1. The van der Waals surface area contributed by atoms with Crippen LogP contribution < -0.4 is 5.32 Å². The van der Waals surface area contributed by atoms with Gasteiger partial charge >= 0.3 is 18.0 Å². The maximum Gasteiger partial charge on any atom is 0.412 e. The Hall–Kier alpha value is -3.09. The zero-order valence-electron chi connectivity index (χ0n) is 13.3. The minimum atomic E-state index is -0.971. The van der Waals surface area contributed by atoms with Crippen molar-refractivity contribution >= 4 is 23.7 Å². The van der Waals surface area contributed by atoms with Gasteiger partial charge in [0, 0.05) is 17.3 Å². The number of amides is 1. The molecule has 24 heavy (non-hydrogen) atoms. The molecule has 0 aliphatic heterocycles. The molecule has 0 heterocycles. The average molecular weight is 333 g/mol. The summed E-state index contributed by atoms with van der Waals surface area (Å²) in [5, 5.41) is 2.50. The van der Waals surface area contributed by atoms with Crippen LogP contribution in [0.4, 0.5) is 10.5 Å². The maximum atomic E-state index is 11.9. The van der Waals surface area contributed by atoms with Crippen LogP contribution in [0, 0.1) is 0 Å². The van der Waals surface area contributed by atoms with Crippen molar-refractivity contribution in [3.8, 4) is 0 Å². The number of hydrogen-bond acceptors (Lipinski definition) is 6. The Morgan fingerprint density at radius 3 is 2.38 bits per heavy atom. The number of carbonyl (C=O) groups excluding carboxylic acids is 3. The molecule has 128 valence electrons. The third kappa shape index (κ3) is 7.26. The topological polar surface area (TPSA) is 90.9 Å². The summed E-state index contributed by atoms with van der Waals surface area (Å²) in [6.45, 7) is 7.63. The highest BCUT2D eigenvalue weighted by Crippen LogP contribution is 2.07. The molecule has 7 heteroatoms. The van der Waals surface area contributed by atoms with Gasteiger partial charge in [-0.1, -0.05) is 31.4 Å². The van der Waals surface area contributed by atoms with Crippen molar-refractivity contribution in [2.45, 2.75) is 13.0 Å². The van der Waals surface area contributed by atoms with Crippen LogP contribution in [0.25, 0.3) is 0 Å². The lowest BCUT2D eigenvalue weighted by Crippen LogP contribution is -2.32. The van der Waals surface area contributed by atoms with E-state index in [1.54, 1.807) is 30.3 Å². The van der Waals surface area contributed by atoms with Gasteiger partial charge in [0.25, 0.3) is 0 Å². The Kier molecular flexibility index (Phi) is 7.77. The molecule has 0 saturated carbocycles. The molecule has 1 amide bonds. The second-order valence-electron chi connectivity index (χ2n) is 4.73. The van der Waals surface area contributed by atoms with Gasteiger partial charge in [-0.2, -0.15) is 0 Å². The molecule has 0 fully saturated rings. The summed E-state index contributed by atoms with van der Waals surface area (Å²) in [6.07, 6.45) is -0.769. The lowest BCUT2D eigenvalue weighted by Gasteiger charge is -2.18. The summed E-state index contributed by atoms with van der Waals surface area (Å²) in [6, 6.07) is 8.64. The number of benzene rings is 1. The Labute approximate surface area is 139 Å². The fourth-order valence-corrected chi connectivity index (χ4v) is 1.46. The fraction of sp³-hybridized carbons (Fsp3) is 0.235. The number of ether oxygens (including phenoxy) is 3. The van der Waals surface area contributed by atoms with Gasteiger partial charge in [0.15, 0.2) is 6.10 Å². The molecule has 7 nitrogen and oxygen atoms in total. The molecule has 0 aliphatic rings. The standard InChI is InChI=1S/C17H19NO6/c1-4-15(19)22-10-14(11-23-16(20)12(2)3)24-17(21)18-13-8-6-5-7-9-13/h4-9,14H,1-2,10-11H2,3H3,(H,18,21). The zero-order valence-corrected chi connectivity index (χ0v) is 13.3. The van der Waals surface area contributed by atoms with Gasteiger partial charge in [0.2, 0.25) is 0 Å². The molecule has 1 aromatic carbocycles. The maximum absolute atomic E-state index is 11.9. The number of nitrogens with one attached hydrogen (secondary N) is 1. The van der Waals surface area contributed by atoms with Crippen LogP contribution in [-0.2, 0) is 23.8 Å². The Morgan fingerprint density at radius 2 is 1.79 bits per heavy atom. The molecule has 0 bridgehead atoms. The predicted octanol–water partition coefficient (Wildman–Crippen LogP) is 2.45. The van der Waals surface area contributed by atoms with E-state index >= 15 is 0 Å². The molecule has 0 radical (unpaired) electrons. The summed E-state index contributed by atoms with van der Waals surface area (Å²) in [4.78, 5) is 34.4. The Balaban J connectivity index is 2.59. The van der Waals surface area contributed by atoms with Crippen molar-refractivity contribution in [2.75, 3.05) is 18.5 Å². The molecule has 0 aromatic heterocycles. The van der Waals surface area contributed by atoms with Crippen molar-refractivity contribution in [1.82, 2.24) is 0 Å². The predicted molar refractivity (Wildman–Crippen MR) is 87.3 cm³/mol. The molecule has 1 N–H and O–H groups in total. The van der Waals surface area contributed by atoms with Gasteiger partial charge in [-0.05, 0) is 19.1 Å². The van der Waals surface area contributed by atoms with E-state index in [0.717, 1.165) is 6.08 Å². The van der Waals surface area contributed by atoms with Crippen molar-refractivity contribution in [1.29, 1.82) is 0 Å². The lowest BCUT2D eigenvalue weighted by atomic mass is 10.3. The Bertz CT molecular complexity index is 611. The minimum Gasteiger partial charge on any atom is -0.458 e. The third-order valence-electron chi connectivity index (χ3n) is 2.62. The first-order chi connectivity index (χ1) is 11.4. The summed E-state index contributed by atoms with van der Waals surface area (Å²) in [5.74, 6) is -1.32. The number of rotatable bonds is 8. The smallest absolute Gasteiger partial charge is 0.412 e. The van der Waals surface area contributed by atoms with E-state index in [0.29, 0.717) is 5.69 Å². The largest absolute Gasteiger partial charge is 0.458 e. The van der Waals surface area contributed by atoms with E-state index in [1.807, 2.05) is 0 Å². The zero-order chi connectivity index (χ0) is 17.9. The van der Waals surface area contributed by atoms with Gasteiger partial charge in [-0.15, -0.1) is 0 Å². The summed E-state index contributed by atoms with van der Waals surface area (Å²) in [7, 11) is 0. The fourth-order valence-electron chi connectivity index (χ4n) is 1.46. The summed E-state index contributed by atoms with van der Waals surface area (Å²) in [5.41, 5.74) is 0.730. The first kappa shape index (κ1) is 19.0. The van der Waals surface area contributed by atoms with Crippen LogP contribution in [0.2, 0.25) is 0 Å². The molecule has 0 spiro atoms. The minimum absolute atomic E-state index is 0.200. The molecule has 1 atom stereocenters. The average Bonchev–Trinajstić information content (AvgIpc) is 2.57. The highest BCUT2D eigenvalue weighted by molar-refractivity contribution is 5.87. The molecule has 1 rings (SSSR count). The van der Waals surface area contributed by atoms with Crippen molar-refractivity contribution in [2.24, 2.45) is 0 Å². The quantitative estimate of drug-likeness (QED) is 0.446. The van der Waals surface area contributed by atoms with Crippen LogP contribution in [0.5, 0.6) is 0 Å². The molecular formula is C17H19NO6. The van der Waals surface area contributed by atoms with E-state index in [1.165, 1.54) is 6.92 Å². The SMILES string of the molecule is C=CC(=O)OCC(COC(=O)C(=C)C)OC(=O)Nc1ccccc1. The van der Waals surface area contributed by atoms with Crippen molar-refractivity contribution < 1.29 is 28.6 Å². The summed E-state index contributed by atoms with van der Waals surface area (Å²) >= 11 is 0. The van der Waals surface area contributed by atoms with Crippen molar-refractivity contribution in [3.05, 3.63) is 55.1 Å². The van der Waals surface area contributed by atoms with Gasteiger partial charge in [0.05, 0.1) is 0 Å². The highest BCUT2D eigenvalue weighted by atomic mass is 16.6. The molecule has 0 aliphatic carbocycles. The monoisotopic (exact) mass is 333 g/mol. The van der Waals surface area contributed by atoms with E-state index in [9.17, 15) is 14.4 Å². The first-order valence-electron chi connectivity index (χ1n) is 7.07. The number of hydrogen-bond donors (Lipinski definition) is 1. The highest BCUT2D eigenvalue weighted by Gasteiger charge is 2.19. The van der Waals surface area contributed by atoms with Gasteiger partial charge in [-0.3, -0.25) is 5.32 Å². The van der Waals surface area contributed by atoms with Gasteiger partial charge < -0.3 is 14.2 Å². The Morgan fingerprint density at radius 1 is 1.17 bits per heavy atom. The van der Waals surface area contributed by atoms with Crippen LogP contribution in [-0.4, -0.2) is 37.3 Å². The van der Waals surface area contributed by atoms with Crippen LogP contribution in [0.15, 0.2) is 55.1 Å². The van der Waals surface area contributed by atoms with Crippen LogP contribution in [0.1, 0.15) is 6.92 Å². The normalized spacial score (nSPS) is 10.9. The van der Waals surface area contributed by atoms with Crippen molar-refractivity contribution in [3.63, 3.8) is 0 Å². The van der Waals surface area contributed by atoms with Gasteiger partial charge in [-0.25, -0.2) is 14.4 Å². The number of para-hydroxylation sites is 1. The van der Waals surface area contributed by atoms with E-state index < -0.39 is 24.1 Å². The number of esters is 2. The first-order valence-corrected chi connectivity index (χ1v) is 7.07. The van der Waals surface area contributed by atoms with E-state index in [4.69, 9.17) is 14.2 Å². The second-order valence-corrected chi connectivity index (χ2v) is 4.73. The second kappa shape index (κ2) is 9.83. The van der Waals surface area contributed by atoms with Crippen LogP contribution >= 0.6 is 0 Å². The van der Waals surface area contributed by atoms with Crippen LogP contribution in [0.3, 0.4) is 0 Å². The molecular weight excluding hydrogens is 314 g/mol. The van der Waals surface area contributed by atoms with E-state index in [-0.39, 0.29) is 18.8 Å². The molecule has 1 aromatic rings. The van der Waals surface area contributed by atoms with Gasteiger partial charge in [0.1, 0.15) is 13.2 Å². The summed E-state index contributed by atoms with van der Waals surface area (Å²) < 4.78 is 14.9. The number of carbonyl (C=O) groups is 3. The molecule has 0 saturated heterocycles. The molecule has 1 unspecified atom stereocenters. The lowest BCUT2D eigenvalue weighted by molar-refractivity contribution is -0.146.